The first kappa shape index (κ1) is 10.9. The molecule has 0 amide bonds. The summed E-state index contributed by atoms with van der Waals surface area (Å²) >= 11 is 1.66. The maximum Gasteiger partial charge on any atom is 0.142 e. The van der Waals surface area contributed by atoms with Crippen molar-refractivity contribution in [2.45, 2.75) is 25.9 Å². The van der Waals surface area contributed by atoms with Gasteiger partial charge in [0.05, 0.1) is 11.4 Å². The second kappa shape index (κ2) is 4.55. The summed E-state index contributed by atoms with van der Waals surface area (Å²) < 4.78 is 0. The summed E-state index contributed by atoms with van der Waals surface area (Å²) in [5.41, 5.74) is 2.08. The van der Waals surface area contributed by atoms with E-state index in [0.29, 0.717) is 6.04 Å². The molecule has 3 nitrogen and oxygen atoms in total. The first-order chi connectivity index (χ1) is 8.33. The standard InChI is InChI=1S/C13H15N3S/c1-9-6-12(9)15-7-10-8-17-13(16-10)11-4-2-3-5-14-11/h2-5,8-9,12,15H,6-7H2,1H3. The molecule has 2 unspecified atom stereocenters. The lowest BCUT2D eigenvalue weighted by molar-refractivity contribution is 0.645. The number of aromatic nitrogens is 2. The van der Waals surface area contributed by atoms with Crippen LogP contribution in [0.3, 0.4) is 0 Å². The lowest BCUT2D eigenvalue weighted by Crippen LogP contribution is -2.17. The quantitative estimate of drug-likeness (QED) is 0.900. The highest BCUT2D eigenvalue weighted by atomic mass is 32.1. The van der Waals surface area contributed by atoms with E-state index < -0.39 is 0 Å². The van der Waals surface area contributed by atoms with Crippen LogP contribution in [0.25, 0.3) is 10.7 Å². The van der Waals surface area contributed by atoms with Crippen LogP contribution in [0.5, 0.6) is 0 Å². The van der Waals surface area contributed by atoms with Gasteiger partial charge in [-0.25, -0.2) is 4.98 Å². The fourth-order valence-electron chi connectivity index (χ4n) is 1.84. The van der Waals surface area contributed by atoms with E-state index in [2.05, 4.69) is 27.6 Å². The summed E-state index contributed by atoms with van der Waals surface area (Å²) in [5.74, 6) is 0.837. The van der Waals surface area contributed by atoms with E-state index in [1.165, 1.54) is 6.42 Å². The molecule has 0 spiro atoms. The average molecular weight is 245 g/mol. The Morgan fingerprint density at radius 1 is 1.47 bits per heavy atom. The smallest absolute Gasteiger partial charge is 0.142 e. The summed E-state index contributed by atoms with van der Waals surface area (Å²) in [6, 6.07) is 6.62. The van der Waals surface area contributed by atoms with Crippen molar-refractivity contribution in [3.05, 3.63) is 35.5 Å². The largest absolute Gasteiger partial charge is 0.308 e. The number of nitrogens with zero attached hydrogens (tertiary/aromatic N) is 2. The normalized spacial score (nSPS) is 22.6. The van der Waals surface area contributed by atoms with Crippen molar-refractivity contribution in [3.63, 3.8) is 0 Å². The Morgan fingerprint density at radius 2 is 2.35 bits per heavy atom. The van der Waals surface area contributed by atoms with Crippen molar-refractivity contribution < 1.29 is 0 Å². The van der Waals surface area contributed by atoms with E-state index in [4.69, 9.17) is 0 Å². The molecule has 1 aliphatic carbocycles. The van der Waals surface area contributed by atoms with Gasteiger partial charge in [-0.15, -0.1) is 11.3 Å². The Balaban J connectivity index is 1.66. The van der Waals surface area contributed by atoms with Crippen molar-refractivity contribution >= 4 is 11.3 Å². The van der Waals surface area contributed by atoms with E-state index in [1.807, 2.05) is 18.2 Å². The van der Waals surface area contributed by atoms with E-state index in [-0.39, 0.29) is 0 Å². The Kier molecular flexibility index (Phi) is 2.91. The number of nitrogens with one attached hydrogen (secondary N) is 1. The van der Waals surface area contributed by atoms with Gasteiger partial charge in [-0.2, -0.15) is 0 Å². The van der Waals surface area contributed by atoms with Gasteiger partial charge in [0.15, 0.2) is 0 Å². The number of hydrogen-bond acceptors (Lipinski definition) is 4. The third-order valence-electron chi connectivity index (χ3n) is 3.09. The molecule has 0 radical (unpaired) electrons. The van der Waals surface area contributed by atoms with Crippen LogP contribution in [0.1, 0.15) is 19.0 Å². The molecule has 1 aliphatic rings. The van der Waals surface area contributed by atoms with Crippen LogP contribution in [-0.4, -0.2) is 16.0 Å². The molecule has 1 N–H and O–H groups in total. The zero-order valence-electron chi connectivity index (χ0n) is 9.76. The first-order valence-electron chi connectivity index (χ1n) is 5.92. The number of pyridine rings is 1. The third kappa shape index (κ3) is 2.53. The molecule has 0 saturated heterocycles. The SMILES string of the molecule is CC1CC1NCc1csc(-c2ccccn2)n1. The molecule has 17 heavy (non-hydrogen) atoms. The summed E-state index contributed by atoms with van der Waals surface area (Å²) in [6.45, 7) is 3.15. The minimum Gasteiger partial charge on any atom is -0.308 e. The molecular formula is C13H15N3S. The maximum atomic E-state index is 4.60. The van der Waals surface area contributed by atoms with E-state index in [1.54, 1.807) is 17.5 Å². The summed E-state index contributed by atoms with van der Waals surface area (Å²) in [7, 11) is 0. The summed E-state index contributed by atoms with van der Waals surface area (Å²) in [6.07, 6.45) is 3.11. The second-order valence-corrected chi connectivity index (χ2v) is 5.42. The Bertz CT molecular complexity index is 494. The van der Waals surface area contributed by atoms with Crippen LogP contribution in [0.15, 0.2) is 29.8 Å². The molecule has 88 valence electrons. The number of hydrogen-bond donors (Lipinski definition) is 1. The first-order valence-corrected chi connectivity index (χ1v) is 6.80. The van der Waals surface area contributed by atoms with Gasteiger partial charge in [-0.05, 0) is 24.5 Å². The van der Waals surface area contributed by atoms with Gasteiger partial charge in [-0.3, -0.25) is 4.98 Å². The van der Waals surface area contributed by atoms with E-state index in [9.17, 15) is 0 Å². The fraction of sp³-hybridized carbons (Fsp3) is 0.385. The zero-order valence-corrected chi connectivity index (χ0v) is 10.6. The Labute approximate surface area is 105 Å². The summed E-state index contributed by atoms with van der Waals surface area (Å²) in [4.78, 5) is 8.91. The molecule has 2 atom stereocenters. The van der Waals surface area contributed by atoms with Crippen LogP contribution in [0, 0.1) is 5.92 Å². The topological polar surface area (TPSA) is 37.8 Å². The van der Waals surface area contributed by atoms with Gasteiger partial charge >= 0.3 is 0 Å². The predicted molar refractivity (Wildman–Crippen MR) is 69.8 cm³/mol. The van der Waals surface area contributed by atoms with Crippen LogP contribution in [-0.2, 0) is 6.54 Å². The van der Waals surface area contributed by atoms with E-state index in [0.717, 1.165) is 28.9 Å². The van der Waals surface area contributed by atoms with Gasteiger partial charge in [0.1, 0.15) is 5.01 Å². The molecule has 2 aromatic heterocycles. The number of thiazole rings is 1. The van der Waals surface area contributed by atoms with Crippen molar-refractivity contribution in [1.29, 1.82) is 0 Å². The molecule has 2 aromatic rings. The van der Waals surface area contributed by atoms with Crippen molar-refractivity contribution in [2.24, 2.45) is 5.92 Å². The molecule has 0 bridgehead atoms. The second-order valence-electron chi connectivity index (χ2n) is 4.56. The van der Waals surface area contributed by atoms with E-state index >= 15 is 0 Å². The molecular weight excluding hydrogens is 230 g/mol. The van der Waals surface area contributed by atoms with Gasteiger partial charge in [0.2, 0.25) is 0 Å². The maximum absolute atomic E-state index is 4.60. The molecule has 1 saturated carbocycles. The van der Waals surface area contributed by atoms with Crippen LogP contribution < -0.4 is 5.32 Å². The monoisotopic (exact) mass is 245 g/mol. The highest BCUT2D eigenvalue weighted by Gasteiger charge is 2.31. The Hall–Kier alpha value is -1.26. The highest BCUT2D eigenvalue weighted by molar-refractivity contribution is 7.13. The third-order valence-corrected chi connectivity index (χ3v) is 4.00. The molecule has 0 aliphatic heterocycles. The minimum atomic E-state index is 0.704. The highest BCUT2D eigenvalue weighted by Crippen LogP contribution is 2.29. The Morgan fingerprint density at radius 3 is 3.06 bits per heavy atom. The zero-order chi connectivity index (χ0) is 11.7. The molecule has 0 aromatic carbocycles. The fourth-order valence-corrected chi connectivity index (χ4v) is 2.63. The van der Waals surface area contributed by atoms with Crippen LogP contribution in [0.2, 0.25) is 0 Å². The van der Waals surface area contributed by atoms with Gasteiger partial charge in [0, 0.05) is 24.2 Å². The number of rotatable bonds is 4. The van der Waals surface area contributed by atoms with Gasteiger partial charge < -0.3 is 5.32 Å². The summed E-state index contributed by atoms with van der Waals surface area (Å²) in [5, 5.41) is 6.63. The predicted octanol–water partition coefficient (Wildman–Crippen LogP) is 2.70. The molecule has 4 heteroatoms. The van der Waals surface area contributed by atoms with Crippen LogP contribution >= 0.6 is 11.3 Å². The lowest BCUT2D eigenvalue weighted by Gasteiger charge is -1.98. The van der Waals surface area contributed by atoms with Gasteiger partial charge in [0.25, 0.3) is 0 Å². The van der Waals surface area contributed by atoms with Crippen LogP contribution in [0.4, 0.5) is 0 Å². The van der Waals surface area contributed by atoms with Crippen molar-refractivity contribution in [3.8, 4) is 10.7 Å². The van der Waals surface area contributed by atoms with Crippen molar-refractivity contribution in [1.82, 2.24) is 15.3 Å². The molecule has 2 heterocycles. The molecule has 1 fully saturated rings. The van der Waals surface area contributed by atoms with Crippen molar-refractivity contribution in [2.75, 3.05) is 0 Å². The van der Waals surface area contributed by atoms with Gasteiger partial charge in [-0.1, -0.05) is 13.0 Å². The lowest BCUT2D eigenvalue weighted by atomic mass is 10.3. The molecule has 3 rings (SSSR count). The minimum absolute atomic E-state index is 0.704. The average Bonchev–Trinajstić information content (AvgIpc) is 2.90.